The third-order valence-electron chi connectivity index (χ3n) is 4.46. The fourth-order valence-corrected chi connectivity index (χ4v) is 5.79. The molecule has 4 heterocycles. The Bertz CT molecular complexity index is 1160. The van der Waals surface area contributed by atoms with Crippen molar-refractivity contribution in [1.82, 2.24) is 39.8 Å². The number of β-lactam (4-membered cyclic amide) rings is 1. The van der Waals surface area contributed by atoms with Gasteiger partial charge in [0, 0.05) is 30.1 Å². The molecule has 5 N–H and O–H groups in total. The van der Waals surface area contributed by atoms with Crippen LogP contribution in [0.4, 0.5) is 5.13 Å². The van der Waals surface area contributed by atoms with E-state index in [1.807, 2.05) is 0 Å². The second-order valence-corrected chi connectivity index (χ2v) is 9.23. The fourth-order valence-electron chi connectivity index (χ4n) is 3.02. The summed E-state index contributed by atoms with van der Waals surface area (Å²) in [4.78, 5) is 42.1. The van der Waals surface area contributed by atoms with Crippen molar-refractivity contribution >= 4 is 63.7 Å². The van der Waals surface area contributed by atoms with Crippen molar-refractivity contribution < 1.29 is 24.7 Å². The molecule has 1 fully saturated rings. The average molecular weight is 499 g/mol. The molecule has 15 nitrogen and oxygen atoms in total. The maximum atomic E-state index is 12.7. The van der Waals surface area contributed by atoms with Crippen LogP contribution in [0.5, 0.6) is 0 Å². The number of carboxylic acids is 1. The number of rotatable bonds is 7. The second kappa shape index (κ2) is 8.71. The first-order chi connectivity index (χ1) is 15.3. The first kappa shape index (κ1) is 22.0. The van der Waals surface area contributed by atoms with Gasteiger partial charge >= 0.3 is 5.97 Å². The zero-order valence-electron chi connectivity index (χ0n) is 16.1. The lowest BCUT2D eigenvalue weighted by Crippen LogP contribution is -2.71. The lowest BCUT2D eigenvalue weighted by atomic mass is 10.0. The number of amides is 2. The highest BCUT2D eigenvalue weighted by Crippen LogP contribution is 2.41. The van der Waals surface area contributed by atoms with Gasteiger partial charge in [-0.2, -0.15) is 9.36 Å². The summed E-state index contributed by atoms with van der Waals surface area (Å²) >= 11 is 3.36. The molecular formula is C14H14N10O5S3. The summed E-state index contributed by atoms with van der Waals surface area (Å²) in [5.74, 6) is -2.32. The molecule has 32 heavy (non-hydrogen) atoms. The Hall–Kier alpha value is -3.25. The zero-order valence-corrected chi connectivity index (χ0v) is 18.5. The highest BCUT2D eigenvalue weighted by atomic mass is 32.2. The number of oxime groups is 1. The predicted octanol–water partition coefficient (Wildman–Crippen LogP) is -1.65. The molecule has 0 aliphatic carbocycles. The number of carbonyl (C=O) groups is 3. The number of tetrazole rings is 1. The number of aryl methyl sites for hydroxylation is 1. The van der Waals surface area contributed by atoms with Gasteiger partial charge in [-0.1, -0.05) is 16.9 Å². The summed E-state index contributed by atoms with van der Waals surface area (Å²) in [6.45, 7) is 0. The number of fused-ring (bicyclic) bond motifs is 1. The van der Waals surface area contributed by atoms with Gasteiger partial charge in [-0.15, -0.1) is 16.9 Å². The molecule has 0 saturated carbocycles. The molecule has 4 rings (SSSR count). The smallest absolute Gasteiger partial charge is 0.352 e. The maximum absolute atomic E-state index is 12.7. The van der Waals surface area contributed by atoms with E-state index in [0.717, 1.165) is 16.4 Å². The fraction of sp³-hybridized carbons (Fsp3) is 0.357. The van der Waals surface area contributed by atoms with E-state index in [2.05, 4.69) is 35.4 Å². The van der Waals surface area contributed by atoms with E-state index >= 15 is 0 Å². The zero-order chi connectivity index (χ0) is 23.0. The minimum absolute atomic E-state index is 0.0708. The van der Waals surface area contributed by atoms with E-state index in [1.165, 1.54) is 28.2 Å². The lowest BCUT2D eigenvalue weighted by Gasteiger charge is -2.49. The number of nitrogens with two attached hydrogens (primary N) is 1. The Morgan fingerprint density at radius 1 is 1.44 bits per heavy atom. The maximum Gasteiger partial charge on any atom is 0.352 e. The molecule has 168 valence electrons. The first-order valence-corrected chi connectivity index (χ1v) is 11.5. The Kier molecular flexibility index (Phi) is 5.98. The molecule has 2 aromatic heterocycles. The molecule has 2 amide bonds. The molecule has 0 radical (unpaired) electrons. The molecule has 2 aliphatic heterocycles. The normalized spacial score (nSPS) is 20.7. The number of nitrogens with zero attached hydrogens (tertiary/aromatic N) is 8. The largest absolute Gasteiger partial charge is 0.477 e. The Labute approximate surface area is 191 Å². The van der Waals surface area contributed by atoms with Crippen molar-refractivity contribution in [2.75, 3.05) is 17.2 Å². The number of thioether (sulfide) groups is 2. The van der Waals surface area contributed by atoms with Crippen molar-refractivity contribution in [2.45, 2.75) is 16.6 Å². The van der Waals surface area contributed by atoms with E-state index < -0.39 is 34.9 Å². The standard InChI is InChI=1S/C14H14N10O5S3/c1-23-14(18-21-22-23)31-3-4-2-30-11-6(10(26)24(11)7(4)12(27)28)16-9(25)5(19-29)8-17-13(15)32-20-8/h6,11,29H,2-3H2,1H3,(H,16,25)(H,27,28)(H2,15,17,20)/t6?,11-/m1/s1. The summed E-state index contributed by atoms with van der Waals surface area (Å²) in [5.41, 5.74) is 5.38. The number of carbonyl (C=O) groups excluding carboxylic acids is 2. The van der Waals surface area contributed by atoms with E-state index in [1.54, 1.807) is 7.05 Å². The highest BCUT2D eigenvalue weighted by molar-refractivity contribution is 8.01. The van der Waals surface area contributed by atoms with E-state index in [4.69, 9.17) is 5.73 Å². The van der Waals surface area contributed by atoms with Crippen LogP contribution in [0.1, 0.15) is 5.82 Å². The average Bonchev–Trinajstić information content (AvgIpc) is 3.37. The Morgan fingerprint density at radius 2 is 2.22 bits per heavy atom. The van der Waals surface area contributed by atoms with Crippen LogP contribution in [0, 0.1) is 0 Å². The van der Waals surface area contributed by atoms with Gasteiger partial charge in [-0.05, 0) is 16.0 Å². The van der Waals surface area contributed by atoms with Crippen LogP contribution in [0.15, 0.2) is 21.6 Å². The van der Waals surface area contributed by atoms with Crippen molar-refractivity contribution in [3.05, 3.63) is 17.1 Å². The monoisotopic (exact) mass is 498 g/mol. The minimum Gasteiger partial charge on any atom is -0.477 e. The summed E-state index contributed by atoms with van der Waals surface area (Å²) in [6.07, 6.45) is 0. The van der Waals surface area contributed by atoms with E-state index in [9.17, 15) is 24.7 Å². The van der Waals surface area contributed by atoms with Gasteiger partial charge in [0.25, 0.3) is 11.8 Å². The van der Waals surface area contributed by atoms with Crippen molar-refractivity contribution in [1.29, 1.82) is 0 Å². The third-order valence-corrected chi connectivity index (χ3v) is 7.44. The van der Waals surface area contributed by atoms with Gasteiger partial charge in [0.2, 0.25) is 16.7 Å². The topological polar surface area (TPSA) is 215 Å². The molecule has 2 aromatic rings. The predicted molar refractivity (Wildman–Crippen MR) is 112 cm³/mol. The minimum atomic E-state index is -1.25. The number of aromatic nitrogens is 6. The van der Waals surface area contributed by atoms with E-state index in [-0.39, 0.29) is 22.4 Å². The van der Waals surface area contributed by atoms with Gasteiger partial charge in [0.05, 0.1) is 0 Å². The molecule has 18 heteroatoms. The Morgan fingerprint density at radius 3 is 2.81 bits per heavy atom. The molecule has 1 saturated heterocycles. The van der Waals surface area contributed by atoms with Gasteiger partial charge in [-0.25, -0.2) is 9.48 Å². The molecule has 2 aliphatic rings. The summed E-state index contributed by atoms with van der Waals surface area (Å²) < 4.78 is 5.26. The number of hydrogen-bond donors (Lipinski definition) is 4. The van der Waals surface area contributed by atoms with Crippen LogP contribution in [0.25, 0.3) is 0 Å². The molecule has 0 bridgehead atoms. The van der Waals surface area contributed by atoms with Crippen LogP contribution in [0.2, 0.25) is 0 Å². The van der Waals surface area contributed by atoms with Crippen LogP contribution in [-0.2, 0) is 21.4 Å². The van der Waals surface area contributed by atoms with Crippen LogP contribution in [0.3, 0.4) is 0 Å². The number of aliphatic carboxylic acids is 1. The third kappa shape index (κ3) is 3.86. The van der Waals surface area contributed by atoms with Gasteiger partial charge < -0.3 is 21.4 Å². The lowest BCUT2D eigenvalue weighted by molar-refractivity contribution is -0.150. The van der Waals surface area contributed by atoms with Gasteiger partial charge in [0.15, 0.2) is 5.13 Å². The van der Waals surface area contributed by atoms with Crippen LogP contribution < -0.4 is 11.1 Å². The number of hydrogen-bond acceptors (Lipinski definition) is 14. The molecular weight excluding hydrogens is 484 g/mol. The van der Waals surface area contributed by atoms with Gasteiger partial charge in [0.1, 0.15) is 17.1 Å². The van der Waals surface area contributed by atoms with Crippen molar-refractivity contribution in [3.8, 4) is 0 Å². The first-order valence-electron chi connectivity index (χ1n) is 8.69. The molecule has 2 atom stereocenters. The number of nitrogens with one attached hydrogen (secondary N) is 1. The van der Waals surface area contributed by atoms with Crippen molar-refractivity contribution in [3.63, 3.8) is 0 Å². The quantitative estimate of drug-likeness (QED) is 0.111. The van der Waals surface area contributed by atoms with Crippen LogP contribution in [-0.4, -0.2) is 91.2 Å². The highest BCUT2D eigenvalue weighted by Gasteiger charge is 2.54. The van der Waals surface area contributed by atoms with Crippen molar-refractivity contribution in [2.24, 2.45) is 12.2 Å². The van der Waals surface area contributed by atoms with E-state index in [0.29, 0.717) is 16.5 Å². The van der Waals surface area contributed by atoms with Crippen LogP contribution >= 0.6 is 35.1 Å². The Balaban J connectivity index is 1.48. The molecule has 0 spiro atoms. The summed E-state index contributed by atoms with van der Waals surface area (Å²) in [6, 6.07) is -1.01. The SMILES string of the molecule is Cn1nnnc1SCC1=C(C(=O)O)N2C(=O)C(NC(=O)C(=NO)c3nsc(N)n3)[C@H]2SC1. The number of nitrogen functional groups attached to an aromatic ring is 1. The summed E-state index contributed by atoms with van der Waals surface area (Å²) in [5, 5.41) is 35.3. The second-order valence-electron chi connectivity index (χ2n) is 6.40. The number of carboxylic acid groups (broad SMARTS) is 1. The summed E-state index contributed by atoms with van der Waals surface area (Å²) in [7, 11) is 1.66. The van der Waals surface area contributed by atoms with Gasteiger partial charge in [-0.3, -0.25) is 14.5 Å². The molecule has 1 unspecified atom stereocenters. The molecule has 0 aromatic carbocycles. The number of anilines is 1.